The van der Waals surface area contributed by atoms with Gasteiger partial charge in [0.1, 0.15) is 0 Å². The molecular weight excluding hydrogens is 245 g/mol. The summed E-state index contributed by atoms with van der Waals surface area (Å²) in [5.74, 6) is 0. The lowest BCUT2D eigenvalue weighted by atomic mass is 10.1. The molecule has 0 spiro atoms. The molecule has 1 aromatic rings. The Morgan fingerprint density at radius 3 is 2.83 bits per heavy atom. The van der Waals surface area contributed by atoms with E-state index in [0.717, 1.165) is 6.07 Å². The molecule has 0 bridgehead atoms. The molecule has 0 radical (unpaired) electrons. The number of anilines is 2. The Balaban J connectivity index is 2.34. The maximum Gasteiger partial charge on any atom is 0.418 e. The molecular formula is C12H15F3N2O. The average molecular weight is 260 g/mol. The van der Waals surface area contributed by atoms with E-state index in [2.05, 4.69) is 5.32 Å². The summed E-state index contributed by atoms with van der Waals surface area (Å²) in [6.07, 6.45) is -4.33. The molecule has 1 aliphatic heterocycles. The maximum absolute atomic E-state index is 12.9. The molecule has 0 fully saturated rings. The van der Waals surface area contributed by atoms with Crippen LogP contribution in [0.3, 0.4) is 0 Å². The first kappa shape index (κ1) is 13.0. The first-order chi connectivity index (χ1) is 8.54. The van der Waals surface area contributed by atoms with Gasteiger partial charge in [0, 0.05) is 26.7 Å². The van der Waals surface area contributed by atoms with Crippen LogP contribution in [0.25, 0.3) is 0 Å². The van der Waals surface area contributed by atoms with Gasteiger partial charge in [-0.1, -0.05) is 6.07 Å². The number of alkyl halides is 3. The highest BCUT2D eigenvalue weighted by atomic mass is 19.4. The van der Waals surface area contributed by atoms with Crippen molar-refractivity contribution < 1.29 is 17.9 Å². The van der Waals surface area contributed by atoms with E-state index in [1.807, 2.05) is 4.90 Å². The van der Waals surface area contributed by atoms with E-state index >= 15 is 0 Å². The van der Waals surface area contributed by atoms with Gasteiger partial charge in [-0.15, -0.1) is 0 Å². The minimum absolute atomic E-state index is 0.173. The fourth-order valence-electron chi connectivity index (χ4n) is 2.10. The predicted molar refractivity (Wildman–Crippen MR) is 64.0 cm³/mol. The molecule has 0 aliphatic carbocycles. The van der Waals surface area contributed by atoms with Crippen molar-refractivity contribution in [2.75, 3.05) is 43.6 Å². The van der Waals surface area contributed by atoms with Gasteiger partial charge in [0.2, 0.25) is 0 Å². The third-order valence-corrected chi connectivity index (χ3v) is 2.94. The van der Waals surface area contributed by atoms with Crippen LogP contribution in [0.2, 0.25) is 0 Å². The monoisotopic (exact) mass is 260 g/mol. The van der Waals surface area contributed by atoms with Crippen molar-refractivity contribution in [1.82, 2.24) is 0 Å². The summed E-state index contributed by atoms with van der Waals surface area (Å²) in [7, 11) is 1.58. The Morgan fingerprint density at radius 2 is 2.17 bits per heavy atom. The Morgan fingerprint density at radius 1 is 1.39 bits per heavy atom. The molecule has 0 saturated carbocycles. The van der Waals surface area contributed by atoms with Crippen molar-refractivity contribution in [3.63, 3.8) is 0 Å². The normalized spacial score (nSPS) is 15.2. The van der Waals surface area contributed by atoms with E-state index in [4.69, 9.17) is 4.74 Å². The molecule has 0 unspecified atom stereocenters. The predicted octanol–water partition coefficient (Wildman–Crippen LogP) is 2.58. The number of hydrogen-bond donors (Lipinski definition) is 1. The van der Waals surface area contributed by atoms with Gasteiger partial charge in [-0.05, 0) is 12.1 Å². The first-order valence-electron chi connectivity index (χ1n) is 5.72. The summed E-state index contributed by atoms with van der Waals surface area (Å²) in [6.45, 7) is 2.27. The molecule has 1 aromatic carbocycles. The summed E-state index contributed by atoms with van der Waals surface area (Å²) in [5, 5.41) is 2.84. The summed E-state index contributed by atoms with van der Waals surface area (Å²) in [6, 6.07) is 4.24. The Bertz CT molecular complexity index is 420. The van der Waals surface area contributed by atoms with Gasteiger partial charge in [0.05, 0.1) is 23.5 Å². The van der Waals surface area contributed by atoms with E-state index in [1.54, 1.807) is 13.2 Å². The molecule has 2 rings (SSSR count). The average Bonchev–Trinajstić information content (AvgIpc) is 2.34. The van der Waals surface area contributed by atoms with Crippen LogP contribution in [0.4, 0.5) is 24.5 Å². The third-order valence-electron chi connectivity index (χ3n) is 2.94. The standard InChI is InChI=1S/C12H15F3N2O/c1-18-8-7-17-6-5-16-11-9(12(13,14)15)3-2-4-10(11)17/h2-4,16H,5-8H2,1H3. The Kier molecular flexibility index (Phi) is 3.65. The van der Waals surface area contributed by atoms with Crippen molar-refractivity contribution in [2.24, 2.45) is 0 Å². The van der Waals surface area contributed by atoms with Gasteiger partial charge in [0.25, 0.3) is 0 Å². The molecule has 0 saturated heterocycles. The number of ether oxygens (including phenoxy) is 1. The van der Waals surface area contributed by atoms with Gasteiger partial charge in [-0.2, -0.15) is 13.2 Å². The topological polar surface area (TPSA) is 24.5 Å². The zero-order valence-electron chi connectivity index (χ0n) is 10.0. The summed E-state index contributed by atoms with van der Waals surface area (Å²) in [5.41, 5.74) is 0.155. The Hall–Kier alpha value is -1.43. The quantitative estimate of drug-likeness (QED) is 0.904. The lowest BCUT2D eigenvalue weighted by Gasteiger charge is -2.33. The van der Waals surface area contributed by atoms with E-state index in [9.17, 15) is 13.2 Å². The second kappa shape index (κ2) is 5.06. The van der Waals surface area contributed by atoms with E-state index in [0.29, 0.717) is 31.9 Å². The van der Waals surface area contributed by atoms with Crippen LogP contribution >= 0.6 is 0 Å². The van der Waals surface area contributed by atoms with Crippen LogP contribution in [-0.4, -0.2) is 33.4 Å². The van der Waals surface area contributed by atoms with Gasteiger partial charge < -0.3 is 15.0 Å². The van der Waals surface area contributed by atoms with Crippen molar-refractivity contribution in [3.05, 3.63) is 23.8 Å². The van der Waals surface area contributed by atoms with E-state index in [1.165, 1.54) is 6.07 Å². The van der Waals surface area contributed by atoms with Crippen molar-refractivity contribution in [1.29, 1.82) is 0 Å². The molecule has 6 heteroatoms. The summed E-state index contributed by atoms with van der Waals surface area (Å²) < 4.78 is 43.6. The molecule has 3 nitrogen and oxygen atoms in total. The molecule has 1 heterocycles. The lowest BCUT2D eigenvalue weighted by Crippen LogP contribution is -2.37. The van der Waals surface area contributed by atoms with Crippen molar-refractivity contribution in [2.45, 2.75) is 6.18 Å². The van der Waals surface area contributed by atoms with E-state index < -0.39 is 11.7 Å². The van der Waals surface area contributed by atoms with Crippen molar-refractivity contribution in [3.8, 4) is 0 Å². The number of fused-ring (bicyclic) bond motifs is 1. The molecule has 1 aliphatic rings. The SMILES string of the molecule is COCCN1CCNc2c1cccc2C(F)(F)F. The van der Waals surface area contributed by atoms with Gasteiger partial charge in [-0.3, -0.25) is 0 Å². The number of methoxy groups -OCH3 is 1. The number of nitrogens with one attached hydrogen (secondary N) is 1. The molecule has 18 heavy (non-hydrogen) atoms. The second-order valence-electron chi connectivity index (χ2n) is 4.10. The number of para-hydroxylation sites is 1. The lowest BCUT2D eigenvalue weighted by molar-refractivity contribution is -0.136. The van der Waals surface area contributed by atoms with Crippen LogP contribution in [0.1, 0.15) is 5.56 Å². The number of nitrogens with zero attached hydrogens (tertiary/aromatic N) is 1. The third kappa shape index (κ3) is 2.53. The number of benzene rings is 1. The van der Waals surface area contributed by atoms with Gasteiger partial charge in [0.15, 0.2) is 0 Å². The molecule has 0 amide bonds. The molecule has 0 atom stereocenters. The number of rotatable bonds is 3. The smallest absolute Gasteiger partial charge is 0.383 e. The van der Waals surface area contributed by atoms with Crippen molar-refractivity contribution >= 4 is 11.4 Å². The maximum atomic E-state index is 12.9. The number of halogens is 3. The van der Waals surface area contributed by atoms with Gasteiger partial charge in [-0.25, -0.2) is 0 Å². The highest BCUT2D eigenvalue weighted by molar-refractivity contribution is 5.76. The molecule has 100 valence electrons. The zero-order valence-corrected chi connectivity index (χ0v) is 10.0. The first-order valence-corrected chi connectivity index (χ1v) is 5.72. The highest BCUT2D eigenvalue weighted by Crippen LogP contribution is 2.41. The van der Waals surface area contributed by atoms with Crippen LogP contribution in [0.15, 0.2) is 18.2 Å². The van der Waals surface area contributed by atoms with Crippen LogP contribution in [-0.2, 0) is 10.9 Å². The minimum atomic E-state index is -4.33. The van der Waals surface area contributed by atoms with Crippen LogP contribution in [0.5, 0.6) is 0 Å². The second-order valence-corrected chi connectivity index (χ2v) is 4.10. The largest absolute Gasteiger partial charge is 0.418 e. The summed E-state index contributed by atoms with van der Waals surface area (Å²) >= 11 is 0. The highest BCUT2D eigenvalue weighted by Gasteiger charge is 2.35. The Labute approximate surface area is 104 Å². The molecule has 0 aromatic heterocycles. The fraction of sp³-hybridized carbons (Fsp3) is 0.500. The summed E-state index contributed by atoms with van der Waals surface area (Å²) in [4.78, 5) is 1.91. The number of hydrogen-bond acceptors (Lipinski definition) is 3. The fourth-order valence-corrected chi connectivity index (χ4v) is 2.10. The van der Waals surface area contributed by atoms with Gasteiger partial charge >= 0.3 is 6.18 Å². The zero-order chi connectivity index (χ0) is 13.2. The molecule has 1 N–H and O–H groups in total. The van der Waals surface area contributed by atoms with Crippen LogP contribution in [0, 0.1) is 0 Å². The van der Waals surface area contributed by atoms with E-state index in [-0.39, 0.29) is 5.69 Å². The van der Waals surface area contributed by atoms with Crippen LogP contribution < -0.4 is 10.2 Å². The minimum Gasteiger partial charge on any atom is -0.383 e.